The molecule has 2 unspecified atom stereocenters. The van der Waals surface area contributed by atoms with Crippen molar-refractivity contribution in [2.45, 2.75) is 24.9 Å². The molecular weight excluding hydrogens is 240 g/mol. The number of aliphatic carboxylic acids is 1. The van der Waals surface area contributed by atoms with E-state index in [1.165, 1.54) is 0 Å². The van der Waals surface area contributed by atoms with E-state index in [9.17, 15) is 9.59 Å². The summed E-state index contributed by atoms with van der Waals surface area (Å²) in [6.45, 7) is 1.92. The molecule has 0 aromatic rings. The highest BCUT2D eigenvalue weighted by Gasteiger charge is 2.26. The van der Waals surface area contributed by atoms with E-state index in [4.69, 9.17) is 14.6 Å². The Bertz CT molecular complexity index is 279. The zero-order chi connectivity index (χ0) is 13.4. The molecule has 3 N–H and O–H groups in total. The van der Waals surface area contributed by atoms with Gasteiger partial charge in [-0.05, 0) is 12.8 Å². The van der Waals surface area contributed by atoms with Crippen LogP contribution >= 0.6 is 0 Å². The van der Waals surface area contributed by atoms with Crippen LogP contribution in [0.25, 0.3) is 0 Å². The molecular formula is C11H20N2O5. The molecule has 0 aliphatic carbocycles. The van der Waals surface area contributed by atoms with Crippen LogP contribution in [0.4, 0.5) is 0 Å². The second kappa shape index (κ2) is 8.02. The van der Waals surface area contributed by atoms with E-state index in [0.717, 1.165) is 0 Å². The largest absolute Gasteiger partial charge is 0.480 e. The first-order valence-corrected chi connectivity index (χ1v) is 5.98. The first-order valence-electron chi connectivity index (χ1n) is 5.98. The van der Waals surface area contributed by atoms with Gasteiger partial charge in [-0.25, -0.2) is 4.79 Å². The molecule has 0 aromatic carbocycles. The molecule has 0 radical (unpaired) electrons. The van der Waals surface area contributed by atoms with E-state index in [2.05, 4.69) is 10.6 Å². The Labute approximate surface area is 106 Å². The van der Waals surface area contributed by atoms with Gasteiger partial charge in [0.1, 0.15) is 12.1 Å². The number of nitrogens with one attached hydrogen (secondary N) is 2. The monoisotopic (exact) mass is 260 g/mol. The molecule has 1 rings (SSSR count). The van der Waals surface area contributed by atoms with Gasteiger partial charge in [0, 0.05) is 20.3 Å². The zero-order valence-corrected chi connectivity index (χ0v) is 10.5. The topological polar surface area (TPSA) is 96.9 Å². The van der Waals surface area contributed by atoms with Gasteiger partial charge in [-0.3, -0.25) is 4.79 Å². The van der Waals surface area contributed by atoms with Crippen LogP contribution in [0.5, 0.6) is 0 Å². The molecule has 7 nitrogen and oxygen atoms in total. The number of hydrogen-bond acceptors (Lipinski definition) is 5. The van der Waals surface area contributed by atoms with Gasteiger partial charge >= 0.3 is 5.97 Å². The van der Waals surface area contributed by atoms with E-state index < -0.39 is 18.1 Å². The summed E-state index contributed by atoms with van der Waals surface area (Å²) >= 11 is 0. The molecule has 104 valence electrons. The average molecular weight is 260 g/mol. The minimum absolute atomic E-state index is 0.274. The smallest absolute Gasteiger partial charge is 0.326 e. The van der Waals surface area contributed by atoms with Gasteiger partial charge in [0.05, 0.1) is 13.2 Å². The molecule has 1 amide bonds. The maximum absolute atomic E-state index is 11.8. The fourth-order valence-corrected chi connectivity index (χ4v) is 1.70. The maximum Gasteiger partial charge on any atom is 0.326 e. The van der Waals surface area contributed by atoms with Crippen LogP contribution in [0.2, 0.25) is 0 Å². The summed E-state index contributed by atoms with van der Waals surface area (Å²) in [4.78, 5) is 22.8. The molecule has 1 fully saturated rings. The average Bonchev–Trinajstić information content (AvgIpc) is 2.38. The molecule has 1 aliphatic rings. The lowest BCUT2D eigenvalue weighted by molar-refractivity contribution is -0.142. The summed E-state index contributed by atoms with van der Waals surface area (Å²) in [5, 5.41) is 14.5. The van der Waals surface area contributed by atoms with E-state index in [1.807, 2.05) is 0 Å². The van der Waals surface area contributed by atoms with Crippen molar-refractivity contribution in [1.29, 1.82) is 0 Å². The van der Waals surface area contributed by atoms with Gasteiger partial charge in [-0.1, -0.05) is 0 Å². The third-order valence-electron chi connectivity index (χ3n) is 2.69. The number of carboxylic acids is 1. The molecule has 2 atom stereocenters. The van der Waals surface area contributed by atoms with Crippen LogP contribution in [0.1, 0.15) is 12.8 Å². The molecule has 0 bridgehead atoms. The van der Waals surface area contributed by atoms with E-state index in [0.29, 0.717) is 32.6 Å². The number of carboxylic acid groups (broad SMARTS) is 1. The van der Waals surface area contributed by atoms with Gasteiger partial charge < -0.3 is 25.2 Å². The summed E-state index contributed by atoms with van der Waals surface area (Å²) in [5.74, 6) is -1.37. The number of ether oxygens (including phenoxy) is 2. The van der Waals surface area contributed by atoms with E-state index >= 15 is 0 Å². The number of rotatable bonds is 7. The standard InChI is InChI=1S/C11H20N2O5/c1-17-5-2-3-8(11(15)16)13-10(14)9-7-18-6-4-12-9/h8-9,12H,2-7H2,1H3,(H,13,14)(H,15,16). The Morgan fingerprint density at radius 1 is 1.61 bits per heavy atom. The van der Waals surface area contributed by atoms with Crippen LogP contribution in [0.15, 0.2) is 0 Å². The number of hydrogen-bond donors (Lipinski definition) is 3. The van der Waals surface area contributed by atoms with Crippen molar-refractivity contribution in [2.75, 3.05) is 33.5 Å². The first kappa shape index (κ1) is 14.9. The first-order chi connectivity index (χ1) is 8.65. The third kappa shape index (κ3) is 4.99. The predicted molar refractivity (Wildman–Crippen MR) is 63.3 cm³/mol. The molecule has 18 heavy (non-hydrogen) atoms. The molecule has 1 aliphatic heterocycles. The molecule has 7 heteroatoms. The number of carbonyl (C=O) groups is 2. The van der Waals surface area contributed by atoms with Crippen LogP contribution in [0, 0.1) is 0 Å². The third-order valence-corrected chi connectivity index (χ3v) is 2.69. The summed E-state index contributed by atoms with van der Waals surface area (Å²) in [6, 6.07) is -1.35. The second-order valence-electron chi connectivity index (χ2n) is 4.12. The summed E-state index contributed by atoms with van der Waals surface area (Å²) in [5.41, 5.74) is 0. The lowest BCUT2D eigenvalue weighted by Gasteiger charge is -2.24. The Kier molecular flexibility index (Phi) is 6.63. The van der Waals surface area contributed by atoms with Gasteiger partial charge in [-0.15, -0.1) is 0 Å². The lowest BCUT2D eigenvalue weighted by Crippen LogP contribution is -2.54. The fourth-order valence-electron chi connectivity index (χ4n) is 1.70. The summed E-state index contributed by atoms with van der Waals surface area (Å²) in [6.07, 6.45) is 0.935. The summed E-state index contributed by atoms with van der Waals surface area (Å²) in [7, 11) is 1.55. The Morgan fingerprint density at radius 2 is 2.39 bits per heavy atom. The second-order valence-corrected chi connectivity index (χ2v) is 4.12. The quantitative estimate of drug-likeness (QED) is 0.506. The maximum atomic E-state index is 11.8. The number of carbonyl (C=O) groups excluding carboxylic acids is 1. The number of methoxy groups -OCH3 is 1. The molecule has 0 aromatic heterocycles. The number of morpholine rings is 1. The molecule has 1 saturated heterocycles. The normalized spacial score (nSPS) is 21.3. The van der Waals surface area contributed by atoms with E-state index in [1.54, 1.807) is 7.11 Å². The van der Waals surface area contributed by atoms with Crippen molar-refractivity contribution in [3.63, 3.8) is 0 Å². The van der Waals surface area contributed by atoms with Crippen LogP contribution in [-0.2, 0) is 19.1 Å². The van der Waals surface area contributed by atoms with E-state index in [-0.39, 0.29) is 12.5 Å². The lowest BCUT2D eigenvalue weighted by atomic mass is 10.1. The van der Waals surface area contributed by atoms with Crippen molar-refractivity contribution < 1.29 is 24.2 Å². The van der Waals surface area contributed by atoms with Gasteiger partial charge in [0.25, 0.3) is 0 Å². The van der Waals surface area contributed by atoms with Crippen molar-refractivity contribution >= 4 is 11.9 Å². The highest BCUT2D eigenvalue weighted by Crippen LogP contribution is 2.00. The highest BCUT2D eigenvalue weighted by atomic mass is 16.5. The van der Waals surface area contributed by atoms with Crippen molar-refractivity contribution in [3.05, 3.63) is 0 Å². The Balaban J connectivity index is 2.38. The highest BCUT2D eigenvalue weighted by molar-refractivity contribution is 5.87. The Morgan fingerprint density at radius 3 is 2.94 bits per heavy atom. The van der Waals surface area contributed by atoms with Crippen molar-refractivity contribution in [1.82, 2.24) is 10.6 Å². The van der Waals surface area contributed by atoms with Gasteiger partial charge in [-0.2, -0.15) is 0 Å². The zero-order valence-electron chi connectivity index (χ0n) is 10.5. The fraction of sp³-hybridized carbons (Fsp3) is 0.818. The minimum atomic E-state index is -1.03. The van der Waals surface area contributed by atoms with Crippen LogP contribution in [0.3, 0.4) is 0 Å². The Hall–Kier alpha value is -1.18. The van der Waals surface area contributed by atoms with Crippen LogP contribution < -0.4 is 10.6 Å². The number of amides is 1. The van der Waals surface area contributed by atoms with Gasteiger partial charge in [0.15, 0.2) is 0 Å². The minimum Gasteiger partial charge on any atom is -0.480 e. The molecule has 0 saturated carbocycles. The molecule has 1 heterocycles. The van der Waals surface area contributed by atoms with Crippen molar-refractivity contribution in [3.8, 4) is 0 Å². The van der Waals surface area contributed by atoms with Crippen molar-refractivity contribution in [2.24, 2.45) is 0 Å². The predicted octanol–water partition coefficient (Wildman–Crippen LogP) is -1.03. The van der Waals surface area contributed by atoms with Gasteiger partial charge in [0.2, 0.25) is 5.91 Å². The summed E-state index contributed by atoms with van der Waals surface area (Å²) < 4.78 is 10.0. The SMILES string of the molecule is COCCCC(NC(=O)C1COCCN1)C(=O)O. The molecule has 0 spiro atoms. The van der Waals surface area contributed by atoms with Crippen LogP contribution in [-0.4, -0.2) is 62.5 Å².